The third kappa shape index (κ3) is 2.38. The highest BCUT2D eigenvalue weighted by atomic mass is 79.9. The van der Waals surface area contributed by atoms with Gasteiger partial charge in [0, 0.05) is 32.6 Å². The molecule has 2 aromatic carbocycles. The number of hydrogen-bond donors (Lipinski definition) is 2. The molecule has 1 atom stereocenters. The fraction of sp³-hybridized carbons (Fsp3) is 0.211. The second-order valence-corrected chi connectivity index (χ2v) is 7.02. The van der Waals surface area contributed by atoms with Gasteiger partial charge in [0.25, 0.3) is 0 Å². The average Bonchev–Trinajstić information content (AvgIpc) is 2.92. The zero-order valence-corrected chi connectivity index (χ0v) is 14.2. The number of primary amides is 1. The number of nitrogens with one attached hydrogen (secondary N) is 1. The maximum Gasteiger partial charge on any atom is 0.248 e. The van der Waals surface area contributed by atoms with Crippen molar-refractivity contribution in [2.45, 2.75) is 25.2 Å². The van der Waals surface area contributed by atoms with E-state index in [0.717, 1.165) is 34.8 Å². The van der Waals surface area contributed by atoms with Gasteiger partial charge in [-0.2, -0.15) is 0 Å². The molecule has 1 amide bonds. The average molecular weight is 369 g/mol. The van der Waals surface area contributed by atoms with Gasteiger partial charge in [-0.15, -0.1) is 0 Å². The van der Waals surface area contributed by atoms with Crippen molar-refractivity contribution in [1.29, 1.82) is 0 Å². The number of nitrogens with two attached hydrogens (primary N) is 1. The van der Waals surface area contributed by atoms with E-state index in [2.05, 4.69) is 39.1 Å². The van der Waals surface area contributed by atoms with Gasteiger partial charge in [0.05, 0.1) is 0 Å². The summed E-state index contributed by atoms with van der Waals surface area (Å²) >= 11 is 3.56. The van der Waals surface area contributed by atoms with E-state index < -0.39 is 0 Å². The third-order valence-electron chi connectivity index (χ3n) is 4.77. The van der Waals surface area contributed by atoms with Crippen LogP contribution in [0.2, 0.25) is 0 Å². The molecule has 1 aromatic heterocycles. The second kappa shape index (κ2) is 5.53. The van der Waals surface area contributed by atoms with Gasteiger partial charge < -0.3 is 10.7 Å². The van der Waals surface area contributed by atoms with Crippen LogP contribution in [0.1, 0.15) is 45.9 Å². The van der Waals surface area contributed by atoms with E-state index in [1.165, 1.54) is 16.6 Å². The molecule has 0 saturated carbocycles. The van der Waals surface area contributed by atoms with Crippen LogP contribution >= 0.6 is 15.9 Å². The summed E-state index contributed by atoms with van der Waals surface area (Å²) in [4.78, 5) is 15.4. The first kappa shape index (κ1) is 14.5. The van der Waals surface area contributed by atoms with E-state index in [1.54, 1.807) is 0 Å². The molecule has 1 aliphatic carbocycles. The fourth-order valence-electron chi connectivity index (χ4n) is 3.77. The Morgan fingerprint density at radius 1 is 1.22 bits per heavy atom. The topological polar surface area (TPSA) is 58.9 Å². The molecule has 0 radical (unpaired) electrons. The van der Waals surface area contributed by atoms with Crippen LogP contribution in [-0.4, -0.2) is 10.9 Å². The zero-order chi connectivity index (χ0) is 16.0. The number of carbonyl (C=O) groups is 1. The molecule has 23 heavy (non-hydrogen) atoms. The van der Waals surface area contributed by atoms with Crippen molar-refractivity contribution in [2.24, 2.45) is 5.73 Å². The second-order valence-electron chi connectivity index (χ2n) is 6.10. The first-order valence-electron chi connectivity index (χ1n) is 7.84. The van der Waals surface area contributed by atoms with Crippen LogP contribution in [0, 0.1) is 0 Å². The summed E-state index contributed by atoms with van der Waals surface area (Å²) in [7, 11) is 0. The van der Waals surface area contributed by atoms with Gasteiger partial charge >= 0.3 is 0 Å². The van der Waals surface area contributed by atoms with Gasteiger partial charge in [0.2, 0.25) is 5.91 Å². The highest BCUT2D eigenvalue weighted by Crippen LogP contribution is 2.41. The van der Waals surface area contributed by atoms with E-state index in [-0.39, 0.29) is 11.8 Å². The summed E-state index contributed by atoms with van der Waals surface area (Å²) in [5.41, 5.74) is 11.0. The SMILES string of the molecule is NC(=O)c1ccccc1C1CCCc2c1[nH]c1ccc(Br)cc21. The van der Waals surface area contributed by atoms with Crippen LogP contribution in [-0.2, 0) is 6.42 Å². The van der Waals surface area contributed by atoms with Gasteiger partial charge in [-0.25, -0.2) is 0 Å². The Labute approximate surface area is 143 Å². The van der Waals surface area contributed by atoms with Crippen molar-refractivity contribution in [3.05, 3.63) is 69.3 Å². The molecule has 3 aromatic rings. The van der Waals surface area contributed by atoms with Crippen molar-refractivity contribution in [3.63, 3.8) is 0 Å². The number of aromatic nitrogens is 1. The van der Waals surface area contributed by atoms with Crippen LogP contribution < -0.4 is 5.73 Å². The van der Waals surface area contributed by atoms with E-state index in [4.69, 9.17) is 5.73 Å². The first-order chi connectivity index (χ1) is 11.1. The summed E-state index contributed by atoms with van der Waals surface area (Å²) in [5, 5.41) is 1.27. The molecule has 0 fully saturated rings. The summed E-state index contributed by atoms with van der Waals surface area (Å²) in [6.07, 6.45) is 3.22. The number of fused-ring (bicyclic) bond motifs is 3. The number of carbonyl (C=O) groups excluding carboxylic acids is 1. The molecular formula is C19H17BrN2O. The smallest absolute Gasteiger partial charge is 0.248 e. The van der Waals surface area contributed by atoms with E-state index in [9.17, 15) is 4.79 Å². The molecule has 1 heterocycles. The van der Waals surface area contributed by atoms with Crippen molar-refractivity contribution in [2.75, 3.05) is 0 Å². The molecule has 0 aliphatic heterocycles. The molecule has 3 N–H and O–H groups in total. The van der Waals surface area contributed by atoms with E-state index >= 15 is 0 Å². The molecule has 1 aliphatic rings. The van der Waals surface area contributed by atoms with Crippen molar-refractivity contribution >= 4 is 32.7 Å². The number of hydrogen-bond acceptors (Lipinski definition) is 1. The number of benzene rings is 2. The lowest BCUT2D eigenvalue weighted by atomic mass is 9.80. The monoisotopic (exact) mass is 368 g/mol. The summed E-state index contributed by atoms with van der Waals surface area (Å²) in [5.74, 6) is -0.153. The predicted octanol–water partition coefficient (Wildman–Crippen LogP) is 4.50. The van der Waals surface area contributed by atoms with Gasteiger partial charge in [0.15, 0.2) is 0 Å². The quantitative estimate of drug-likeness (QED) is 0.687. The Balaban J connectivity index is 1.92. The minimum atomic E-state index is -0.355. The molecule has 1 unspecified atom stereocenters. The van der Waals surface area contributed by atoms with Crippen molar-refractivity contribution < 1.29 is 4.79 Å². The van der Waals surface area contributed by atoms with Gasteiger partial charge in [-0.3, -0.25) is 4.79 Å². The molecule has 3 nitrogen and oxygen atoms in total. The Morgan fingerprint density at radius 2 is 2.04 bits per heavy atom. The zero-order valence-electron chi connectivity index (χ0n) is 12.6. The number of halogens is 1. The Kier molecular flexibility index (Phi) is 3.49. The molecule has 0 saturated heterocycles. The Hall–Kier alpha value is -2.07. The number of aryl methyl sites for hydroxylation is 1. The third-order valence-corrected chi connectivity index (χ3v) is 5.26. The van der Waals surface area contributed by atoms with Gasteiger partial charge in [-0.05, 0) is 54.7 Å². The normalized spacial score (nSPS) is 17.2. The Bertz CT molecular complexity index is 913. The summed E-state index contributed by atoms with van der Waals surface area (Å²) in [6, 6.07) is 14.0. The molecule has 116 valence electrons. The lowest BCUT2D eigenvalue weighted by Crippen LogP contribution is -2.18. The van der Waals surface area contributed by atoms with E-state index in [1.807, 2.05) is 24.3 Å². The van der Waals surface area contributed by atoms with Crippen molar-refractivity contribution in [3.8, 4) is 0 Å². The molecule has 0 spiro atoms. The van der Waals surface area contributed by atoms with Crippen molar-refractivity contribution in [1.82, 2.24) is 4.98 Å². The largest absolute Gasteiger partial charge is 0.366 e. The number of rotatable bonds is 2. The molecule has 0 bridgehead atoms. The highest BCUT2D eigenvalue weighted by molar-refractivity contribution is 9.10. The van der Waals surface area contributed by atoms with Crippen LogP contribution in [0.3, 0.4) is 0 Å². The minimum Gasteiger partial charge on any atom is -0.366 e. The van der Waals surface area contributed by atoms with Crippen LogP contribution in [0.5, 0.6) is 0 Å². The molecular weight excluding hydrogens is 352 g/mol. The molecule has 4 rings (SSSR count). The molecule has 4 heteroatoms. The number of H-pyrrole nitrogens is 1. The maximum absolute atomic E-state index is 11.8. The highest BCUT2D eigenvalue weighted by Gasteiger charge is 2.27. The lowest BCUT2D eigenvalue weighted by Gasteiger charge is -2.24. The number of amides is 1. The van der Waals surface area contributed by atoms with E-state index in [0.29, 0.717) is 5.56 Å². The lowest BCUT2D eigenvalue weighted by molar-refractivity contribution is 0.0999. The predicted molar refractivity (Wildman–Crippen MR) is 95.7 cm³/mol. The minimum absolute atomic E-state index is 0.202. The van der Waals surface area contributed by atoms with Crippen LogP contribution in [0.4, 0.5) is 0 Å². The summed E-state index contributed by atoms with van der Waals surface area (Å²) in [6.45, 7) is 0. The van der Waals surface area contributed by atoms with Gasteiger partial charge in [-0.1, -0.05) is 34.1 Å². The van der Waals surface area contributed by atoms with Gasteiger partial charge in [0.1, 0.15) is 0 Å². The maximum atomic E-state index is 11.8. The first-order valence-corrected chi connectivity index (χ1v) is 8.63. The fourth-order valence-corrected chi connectivity index (χ4v) is 4.13. The Morgan fingerprint density at radius 3 is 2.87 bits per heavy atom. The van der Waals surface area contributed by atoms with Crippen LogP contribution in [0.15, 0.2) is 46.9 Å². The number of aromatic amines is 1. The summed E-state index contributed by atoms with van der Waals surface area (Å²) < 4.78 is 1.09. The van der Waals surface area contributed by atoms with Crippen LogP contribution in [0.25, 0.3) is 10.9 Å². The standard InChI is InChI=1S/C19H17BrN2O/c20-11-8-9-17-16(10-11)14-7-3-6-13(18(14)22-17)12-4-1-2-5-15(12)19(21)23/h1-2,4-5,8-10,13,22H,3,6-7H2,(H2,21,23).